The average molecular weight is 262 g/mol. The first-order valence-corrected chi connectivity index (χ1v) is 6.70. The van der Waals surface area contributed by atoms with E-state index in [1.807, 2.05) is 0 Å². The highest BCUT2D eigenvalue weighted by Gasteiger charge is 2.42. The Morgan fingerprint density at radius 3 is 2.32 bits per heavy atom. The summed E-state index contributed by atoms with van der Waals surface area (Å²) in [5.74, 6) is 2.22. The van der Waals surface area contributed by atoms with Crippen molar-refractivity contribution in [2.24, 2.45) is 11.8 Å². The van der Waals surface area contributed by atoms with Gasteiger partial charge in [0.15, 0.2) is 5.75 Å². The van der Waals surface area contributed by atoms with Gasteiger partial charge in [-0.05, 0) is 37.5 Å². The first-order chi connectivity index (χ1) is 9.26. The van der Waals surface area contributed by atoms with Crippen molar-refractivity contribution in [2.45, 2.75) is 31.7 Å². The van der Waals surface area contributed by atoms with Gasteiger partial charge in [0.25, 0.3) is 0 Å². The van der Waals surface area contributed by atoms with Gasteiger partial charge in [-0.1, -0.05) is 0 Å². The number of nitrogens with one attached hydrogen (secondary N) is 2. The molecule has 2 aliphatic rings. The first kappa shape index (κ1) is 12.2. The monoisotopic (exact) mass is 262 g/mol. The van der Waals surface area contributed by atoms with Gasteiger partial charge in [-0.2, -0.15) is 0 Å². The Balaban J connectivity index is 1.54. The third kappa shape index (κ3) is 3.13. The van der Waals surface area contributed by atoms with E-state index in [4.69, 9.17) is 4.74 Å². The maximum absolute atomic E-state index is 11.9. The Morgan fingerprint density at radius 2 is 1.84 bits per heavy atom. The summed E-state index contributed by atoms with van der Waals surface area (Å²) in [5, 5.41) is 5.72. The van der Waals surface area contributed by atoms with E-state index >= 15 is 0 Å². The van der Waals surface area contributed by atoms with Gasteiger partial charge in [0.1, 0.15) is 0 Å². The normalized spacial score (nSPS) is 18.2. The minimum absolute atomic E-state index is 0.214. The highest BCUT2D eigenvalue weighted by atomic mass is 16.5. The van der Waals surface area contributed by atoms with Crippen molar-refractivity contribution in [3.05, 3.63) is 12.4 Å². The fourth-order valence-corrected chi connectivity index (χ4v) is 2.31. The fourth-order valence-electron chi connectivity index (χ4n) is 2.31. The number of nitrogens with zero attached hydrogens (tertiary/aromatic N) is 2. The Kier molecular flexibility index (Phi) is 3.23. The van der Waals surface area contributed by atoms with Crippen molar-refractivity contribution in [1.82, 2.24) is 15.3 Å². The van der Waals surface area contributed by atoms with Crippen LogP contribution in [0.5, 0.6) is 5.75 Å². The topological polar surface area (TPSA) is 76.1 Å². The second kappa shape index (κ2) is 5.03. The number of urea groups is 1. The molecule has 102 valence electrons. The molecule has 1 aromatic heterocycles. The molecule has 0 spiro atoms. The van der Waals surface area contributed by atoms with E-state index in [9.17, 15) is 4.79 Å². The molecule has 6 nitrogen and oxygen atoms in total. The highest BCUT2D eigenvalue weighted by molar-refractivity contribution is 5.87. The summed E-state index contributed by atoms with van der Waals surface area (Å²) >= 11 is 0. The number of hydrogen-bond donors (Lipinski definition) is 2. The van der Waals surface area contributed by atoms with E-state index < -0.39 is 0 Å². The van der Waals surface area contributed by atoms with Crippen LogP contribution in [-0.2, 0) is 0 Å². The third-order valence-corrected chi connectivity index (χ3v) is 3.65. The molecule has 2 N–H and O–H groups in total. The van der Waals surface area contributed by atoms with Crippen molar-refractivity contribution in [3.8, 4) is 5.75 Å². The number of amides is 2. The maximum Gasteiger partial charge on any atom is 0.321 e. The molecule has 0 radical (unpaired) electrons. The summed E-state index contributed by atoms with van der Waals surface area (Å²) in [4.78, 5) is 19.9. The van der Waals surface area contributed by atoms with Gasteiger partial charge in [-0.25, -0.2) is 14.8 Å². The summed E-state index contributed by atoms with van der Waals surface area (Å²) in [6.45, 7) is 0. The van der Waals surface area contributed by atoms with E-state index in [1.54, 1.807) is 7.11 Å². The standard InChI is InChI=1S/C13H18N4O2/c1-19-10-6-14-12(15-7-10)17-13(18)16-11(8-2-3-8)9-4-5-9/h6-9,11H,2-5H2,1H3,(H2,14,15,16,17,18). The molecule has 1 heterocycles. The van der Waals surface area contributed by atoms with Crippen LogP contribution in [0, 0.1) is 11.8 Å². The number of carbonyl (C=O) groups excluding carboxylic acids is 1. The van der Waals surface area contributed by atoms with Crippen molar-refractivity contribution in [1.29, 1.82) is 0 Å². The molecule has 19 heavy (non-hydrogen) atoms. The molecule has 1 aromatic rings. The number of hydrogen-bond acceptors (Lipinski definition) is 4. The summed E-state index contributed by atoms with van der Waals surface area (Å²) in [6.07, 6.45) is 8.01. The molecule has 6 heteroatoms. The largest absolute Gasteiger partial charge is 0.494 e. The molecule has 0 unspecified atom stereocenters. The molecule has 0 aromatic carbocycles. The number of methoxy groups -OCH3 is 1. The first-order valence-electron chi connectivity index (χ1n) is 6.70. The van der Waals surface area contributed by atoms with Crippen LogP contribution >= 0.6 is 0 Å². The zero-order valence-electron chi connectivity index (χ0n) is 10.9. The molecule has 0 atom stereocenters. The lowest BCUT2D eigenvalue weighted by atomic mass is 10.1. The average Bonchev–Trinajstić information content (AvgIpc) is 3.30. The minimum atomic E-state index is -0.214. The number of rotatable bonds is 5. The van der Waals surface area contributed by atoms with E-state index in [1.165, 1.54) is 38.1 Å². The molecular weight excluding hydrogens is 244 g/mol. The zero-order chi connectivity index (χ0) is 13.2. The molecule has 2 saturated carbocycles. The van der Waals surface area contributed by atoms with Crippen LogP contribution in [0.15, 0.2) is 12.4 Å². The number of ether oxygens (including phenoxy) is 1. The minimum Gasteiger partial charge on any atom is -0.494 e. The van der Waals surface area contributed by atoms with Gasteiger partial charge >= 0.3 is 6.03 Å². The summed E-state index contributed by atoms with van der Waals surface area (Å²) in [6, 6.07) is 0.118. The lowest BCUT2D eigenvalue weighted by Gasteiger charge is -2.17. The van der Waals surface area contributed by atoms with Crippen molar-refractivity contribution in [3.63, 3.8) is 0 Å². The van der Waals surface area contributed by atoms with Gasteiger partial charge in [0.2, 0.25) is 5.95 Å². The molecule has 0 saturated heterocycles. The summed E-state index contributed by atoms with van der Waals surface area (Å²) < 4.78 is 4.96. The van der Waals surface area contributed by atoms with Crippen LogP contribution in [0.25, 0.3) is 0 Å². The van der Waals surface area contributed by atoms with Crippen molar-refractivity contribution in [2.75, 3.05) is 12.4 Å². The highest BCUT2D eigenvalue weighted by Crippen LogP contribution is 2.44. The molecule has 2 fully saturated rings. The van der Waals surface area contributed by atoms with Crippen LogP contribution in [-0.4, -0.2) is 29.2 Å². The number of carbonyl (C=O) groups is 1. The Hall–Kier alpha value is -1.85. The predicted molar refractivity (Wildman–Crippen MR) is 70.0 cm³/mol. The van der Waals surface area contributed by atoms with E-state index in [-0.39, 0.29) is 6.03 Å². The quantitative estimate of drug-likeness (QED) is 0.848. The fraction of sp³-hybridized carbons (Fsp3) is 0.615. The predicted octanol–water partition coefficient (Wildman–Crippen LogP) is 1.80. The van der Waals surface area contributed by atoms with E-state index in [0.29, 0.717) is 29.6 Å². The molecular formula is C13H18N4O2. The Bertz CT molecular complexity index is 442. The van der Waals surface area contributed by atoms with Crippen molar-refractivity contribution < 1.29 is 9.53 Å². The van der Waals surface area contributed by atoms with E-state index in [2.05, 4.69) is 20.6 Å². The number of anilines is 1. The van der Waals surface area contributed by atoms with Gasteiger partial charge in [-0.15, -0.1) is 0 Å². The van der Waals surface area contributed by atoms with Crippen molar-refractivity contribution >= 4 is 12.0 Å². The lowest BCUT2D eigenvalue weighted by molar-refractivity contribution is 0.244. The van der Waals surface area contributed by atoms with Gasteiger partial charge in [-0.3, -0.25) is 5.32 Å². The molecule has 2 amide bonds. The second-order valence-electron chi connectivity index (χ2n) is 5.25. The smallest absolute Gasteiger partial charge is 0.321 e. The third-order valence-electron chi connectivity index (χ3n) is 3.65. The Morgan fingerprint density at radius 1 is 1.26 bits per heavy atom. The van der Waals surface area contributed by atoms with Crippen LogP contribution in [0.1, 0.15) is 25.7 Å². The SMILES string of the molecule is COc1cnc(NC(=O)NC(C2CC2)C2CC2)nc1. The van der Waals surface area contributed by atoms with Crippen LogP contribution in [0.2, 0.25) is 0 Å². The van der Waals surface area contributed by atoms with Gasteiger partial charge < -0.3 is 10.1 Å². The lowest BCUT2D eigenvalue weighted by Crippen LogP contribution is -2.41. The zero-order valence-corrected chi connectivity index (χ0v) is 10.9. The van der Waals surface area contributed by atoms with Crippen LogP contribution in [0.4, 0.5) is 10.7 Å². The summed E-state index contributed by atoms with van der Waals surface area (Å²) in [5.41, 5.74) is 0. The molecule has 0 bridgehead atoms. The van der Waals surface area contributed by atoms with Gasteiger partial charge in [0, 0.05) is 6.04 Å². The molecule has 3 rings (SSSR count). The Labute approximate surface area is 112 Å². The van der Waals surface area contributed by atoms with Crippen LogP contribution < -0.4 is 15.4 Å². The number of aromatic nitrogens is 2. The molecule has 0 aliphatic heterocycles. The van der Waals surface area contributed by atoms with Gasteiger partial charge in [0.05, 0.1) is 19.5 Å². The second-order valence-corrected chi connectivity index (χ2v) is 5.25. The molecule has 2 aliphatic carbocycles. The maximum atomic E-state index is 11.9. The summed E-state index contributed by atoms with van der Waals surface area (Å²) in [7, 11) is 1.55. The van der Waals surface area contributed by atoms with Crippen LogP contribution in [0.3, 0.4) is 0 Å². The van der Waals surface area contributed by atoms with E-state index in [0.717, 1.165) is 0 Å².